The van der Waals surface area contributed by atoms with Crippen molar-refractivity contribution in [3.05, 3.63) is 0 Å². The standard InChI is InChI=1S/C6H7NO/c7-5-6(1-2-6)3-4-8/h4H,1-3H2. The van der Waals surface area contributed by atoms with E-state index in [1.165, 1.54) is 0 Å². The van der Waals surface area contributed by atoms with Gasteiger partial charge in [0.25, 0.3) is 0 Å². The van der Waals surface area contributed by atoms with E-state index in [1.54, 1.807) is 0 Å². The van der Waals surface area contributed by atoms with Crippen LogP contribution < -0.4 is 0 Å². The Bertz CT molecular complexity index is 141. The highest BCUT2D eigenvalue weighted by Gasteiger charge is 2.42. The van der Waals surface area contributed by atoms with Gasteiger partial charge in [-0.2, -0.15) is 5.26 Å². The molecule has 0 aromatic carbocycles. The summed E-state index contributed by atoms with van der Waals surface area (Å²) in [6.07, 6.45) is 3.10. The van der Waals surface area contributed by atoms with Crippen LogP contribution >= 0.6 is 0 Å². The van der Waals surface area contributed by atoms with Crippen LogP contribution in [0.15, 0.2) is 0 Å². The maximum absolute atomic E-state index is 9.87. The van der Waals surface area contributed by atoms with Crippen LogP contribution in [0, 0.1) is 16.7 Å². The third-order valence-corrected chi connectivity index (χ3v) is 1.56. The molecule has 42 valence electrons. The Balaban J connectivity index is 2.44. The van der Waals surface area contributed by atoms with Gasteiger partial charge in [0.1, 0.15) is 6.29 Å². The van der Waals surface area contributed by atoms with Crippen LogP contribution in [0.1, 0.15) is 19.3 Å². The van der Waals surface area contributed by atoms with Gasteiger partial charge in [-0.05, 0) is 12.8 Å². The number of nitriles is 1. The maximum Gasteiger partial charge on any atom is 0.121 e. The van der Waals surface area contributed by atoms with Crippen LogP contribution in [-0.4, -0.2) is 6.29 Å². The summed E-state index contributed by atoms with van der Waals surface area (Å²) in [5.74, 6) is 0. The number of hydrogen-bond donors (Lipinski definition) is 0. The second-order valence-corrected chi connectivity index (χ2v) is 2.26. The van der Waals surface area contributed by atoms with Gasteiger partial charge in [-0.1, -0.05) is 0 Å². The smallest absolute Gasteiger partial charge is 0.121 e. The number of hydrogen-bond acceptors (Lipinski definition) is 2. The zero-order valence-corrected chi connectivity index (χ0v) is 4.55. The van der Waals surface area contributed by atoms with Crippen LogP contribution in [0.3, 0.4) is 0 Å². The molecule has 0 atom stereocenters. The SMILES string of the molecule is N#CC1(CC=O)CC1. The molecule has 8 heavy (non-hydrogen) atoms. The summed E-state index contributed by atoms with van der Waals surface area (Å²) < 4.78 is 0. The molecule has 0 radical (unpaired) electrons. The highest BCUT2D eigenvalue weighted by molar-refractivity contribution is 5.53. The van der Waals surface area contributed by atoms with Crippen molar-refractivity contribution in [2.24, 2.45) is 5.41 Å². The van der Waals surface area contributed by atoms with Gasteiger partial charge in [-0.15, -0.1) is 0 Å². The van der Waals surface area contributed by atoms with E-state index in [0.717, 1.165) is 19.1 Å². The van der Waals surface area contributed by atoms with Gasteiger partial charge in [0.05, 0.1) is 11.5 Å². The predicted molar refractivity (Wildman–Crippen MR) is 28.0 cm³/mol. The minimum atomic E-state index is -0.220. The Morgan fingerprint density at radius 1 is 1.75 bits per heavy atom. The van der Waals surface area contributed by atoms with E-state index >= 15 is 0 Å². The first-order valence-corrected chi connectivity index (χ1v) is 2.68. The normalized spacial score (nSPS) is 21.4. The number of carbonyl (C=O) groups is 1. The number of aldehydes is 1. The highest BCUT2D eigenvalue weighted by Crippen LogP contribution is 2.47. The molecule has 1 aliphatic carbocycles. The second kappa shape index (κ2) is 1.59. The van der Waals surface area contributed by atoms with E-state index in [9.17, 15) is 4.79 Å². The third-order valence-electron chi connectivity index (χ3n) is 1.56. The summed E-state index contributed by atoms with van der Waals surface area (Å²) in [6.45, 7) is 0. The van der Waals surface area contributed by atoms with Gasteiger partial charge < -0.3 is 4.79 Å². The lowest BCUT2D eigenvalue weighted by molar-refractivity contribution is -0.108. The van der Waals surface area contributed by atoms with Crippen molar-refractivity contribution in [1.29, 1.82) is 5.26 Å². The maximum atomic E-state index is 9.87. The molecule has 0 aromatic rings. The second-order valence-electron chi connectivity index (χ2n) is 2.26. The van der Waals surface area contributed by atoms with Gasteiger partial charge in [-0.3, -0.25) is 0 Å². The fourth-order valence-electron chi connectivity index (χ4n) is 0.672. The van der Waals surface area contributed by atoms with E-state index in [-0.39, 0.29) is 5.41 Å². The molecule has 0 unspecified atom stereocenters. The van der Waals surface area contributed by atoms with E-state index in [2.05, 4.69) is 6.07 Å². The van der Waals surface area contributed by atoms with Crippen LogP contribution in [0.2, 0.25) is 0 Å². The molecular weight excluding hydrogens is 102 g/mol. The molecule has 0 heterocycles. The fourth-order valence-corrected chi connectivity index (χ4v) is 0.672. The van der Waals surface area contributed by atoms with E-state index < -0.39 is 0 Å². The lowest BCUT2D eigenvalue weighted by Crippen LogP contribution is -1.94. The molecule has 0 saturated heterocycles. The lowest BCUT2D eigenvalue weighted by atomic mass is 10.1. The van der Waals surface area contributed by atoms with Crippen molar-refractivity contribution < 1.29 is 4.79 Å². The van der Waals surface area contributed by atoms with Crippen LogP contribution in [-0.2, 0) is 4.79 Å². The zero-order chi connectivity index (χ0) is 6.04. The minimum absolute atomic E-state index is 0.220. The van der Waals surface area contributed by atoms with Crippen LogP contribution in [0.5, 0.6) is 0 Å². The number of rotatable bonds is 2. The summed E-state index contributed by atoms with van der Waals surface area (Å²) in [5, 5.41) is 8.38. The summed E-state index contributed by atoms with van der Waals surface area (Å²) >= 11 is 0. The molecule has 2 heteroatoms. The highest BCUT2D eigenvalue weighted by atomic mass is 16.1. The molecule has 0 aliphatic heterocycles. The van der Waals surface area contributed by atoms with Crippen molar-refractivity contribution in [3.8, 4) is 6.07 Å². The molecule has 1 rings (SSSR count). The van der Waals surface area contributed by atoms with Crippen molar-refractivity contribution >= 4 is 6.29 Å². The van der Waals surface area contributed by atoms with Crippen LogP contribution in [0.4, 0.5) is 0 Å². The first-order valence-electron chi connectivity index (χ1n) is 2.68. The quantitative estimate of drug-likeness (QED) is 0.494. The summed E-state index contributed by atoms with van der Waals surface area (Å²) in [7, 11) is 0. The molecule has 0 bridgehead atoms. The molecule has 1 aliphatic rings. The predicted octanol–water partition coefficient (Wildman–Crippen LogP) is 0.879. The average molecular weight is 109 g/mol. The van der Waals surface area contributed by atoms with E-state index in [1.807, 2.05) is 0 Å². The third kappa shape index (κ3) is 0.717. The average Bonchev–Trinajstić information content (AvgIpc) is 2.50. The molecule has 1 saturated carbocycles. The van der Waals surface area contributed by atoms with Gasteiger partial charge in [0.15, 0.2) is 0 Å². The number of carbonyl (C=O) groups excluding carboxylic acids is 1. The molecule has 1 fully saturated rings. The zero-order valence-electron chi connectivity index (χ0n) is 4.55. The molecule has 0 amide bonds. The van der Waals surface area contributed by atoms with E-state index in [4.69, 9.17) is 5.26 Å². The van der Waals surface area contributed by atoms with Gasteiger partial charge >= 0.3 is 0 Å². The fraction of sp³-hybridized carbons (Fsp3) is 0.667. The molecule has 0 aromatic heterocycles. The Hall–Kier alpha value is -0.840. The van der Waals surface area contributed by atoms with E-state index in [0.29, 0.717) is 6.42 Å². The van der Waals surface area contributed by atoms with Gasteiger partial charge in [0, 0.05) is 6.42 Å². The van der Waals surface area contributed by atoms with Crippen molar-refractivity contribution in [3.63, 3.8) is 0 Å². The minimum Gasteiger partial charge on any atom is -0.303 e. The van der Waals surface area contributed by atoms with Gasteiger partial charge in [-0.25, -0.2) is 0 Å². The monoisotopic (exact) mass is 109 g/mol. The van der Waals surface area contributed by atoms with Crippen molar-refractivity contribution in [2.45, 2.75) is 19.3 Å². The molecule has 0 spiro atoms. The largest absolute Gasteiger partial charge is 0.303 e. The van der Waals surface area contributed by atoms with Crippen molar-refractivity contribution in [2.75, 3.05) is 0 Å². The van der Waals surface area contributed by atoms with Crippen molar-refractivity contribution in [1.82, 2.24) is 0 Å². The Morgan fingerprint density at radius 2 is 2.38 bits per heavy atom. The Labute approximate surface area is 48.1 Å². The summed E-state index contributed by atoms with van der Waals surface area (Å²) in [4.78, 5) is 9.87. The Kier molecular flexibility index (Phi) is 1.05. The first-order chi connectivity index (χ1) is 3.83. The molecular formula is C6H7NO. The Morgan fingerprint density at radius 3 is 2.50 bits per heavy atom. The number of nitrogens with zero attached hydrogens (tertiary/aromatic N) is 1. The topological polar surface area (TPSA) is 40.9 Å². The van der Waals surface area contributed by atoms with Crippen LogP contribution in [0.25, 0.3) is 0 Å². The molecule has 0 N–H and O–H groups in total. The van der Waals surface area contributed by atoms with Gasteiger partial charge in [0.2, 0.25) is 0 Å². The molecule has 2 nitrogen and oxygen atoms in total. The summed E-state index contributed by atoms with van der Waals surface area (Å²) in [6, 6.07) is 2.12. The summed E-state index contributed by atoms with van der Waals surface area (Å²) in [5.41, 5.74) is -0.220. The first kappa shape index (κ1) is 5.30. The lowest BCUT2D eigenvalue weighted by Gasteiger charge is -1.92.